The Kier molecular flexibility index (Phi) is 4.26. The van der Waals surface area contributed by atoms with Gasteiger partial charge >= 0.3 is 0 Å². The summed E-state index contributed by atoms with van der Waals surface area (Å²) in [6, 6.07) is 11.6. The minimum atomic E-state index is 0.224. The summed E-state index contributed by atoms with van der Waals surface area (Å²) in [7, 11) is 0. The van der Waals surface area contributed by atoms with Crippen LogP contribution >= 0.6 is 0 Å². The van der Waals surface area contributed by atoms with Crippen LogP contribution in [0.25, 0.3) is 0 Å². The topological polar surface area (TPSA) is 23.6 Å². The molecule has 0 unspecified atom stereocenters. The lowest BCUT2D eigenvalue weighted by atomic mass is 9.78. The van der Waals surface area contributed by atoms with E-state index in [0.29, 0.717) is 17.4 Å². The second kappa shape index (κ2) is 6.04. The van der Waals surface area contributed by atoms with Crippen LogP contribution < -0.4 is 0 Å². The van der Waals surface area contributed by atoms with E-state index < -0.39 is 0 Å². The molecule has 0 N–H and O–H groups in total. The summed E-state index contributed by atoms with van der Waals surface area (Å²) < 4.78 is 0. The molecule has 1 aromatic carbocycles. The Morgan fingerprint density at radius 2 is 1.77 bits per heavy atom. The molecule has 0 bridgehead atoms. The maximum atomic E-state index is 11.5. The lowest BCUT2D eigenvalue weighted by Crippen LogP contribution is -2.45. The molecule has 2 fully saturated rings. The molecule has 120 valence electrons. The number of likely N-dealkylation sites (tertiary alicyclic amines) is 2. The van der Waals surface area contributed by atoms with Gasteiger partial charge in [-0.05, 0) is 23.8 Å². The molecule has 2 aliphatic rings. The Hall–Kier alpha value is -1.35. The van der Waals surface area contributed by atoms with E-state index in [0.717, 1.165) is 39.0 Å². The summed E-state index contributed by atoms with van der Waals surface area (Å²) in [6.45, 7) is 10.6. The van der Waals surface area contributed by atoms with E-state index in [1.165, 1.54) is 5.56 Å². The Morgan fingerprint density at radius 1 is 1.14 bits per heavy atom. The Bertz CT molecular complexity index is 517. The van der Waals surface area contributed by atoms with Crippen molar-refractivity contribution in [2.75, 3.05) is 26.2 Å². The van der Waals surface area contributed by atoms with E-state index in [9.17, 15) is 4.79 Å². The molecule has 0 spiro atoms. The molecule has 2 aliphatic heterocycles. The van der Waals surface area contributed by atoms with Gasteiger partial charge in [-0.15, -0.1) is 0 Å². The molecule has 2 heterocycles. The molecule has 3 nitrogen and oxygen atoms in total. The highest BCUT2D eigenvalue weighted by atomic mass is 16.2. The minimum absolute atomic E-state index is 0.224. The monoisotopic (exact) mass is 300 g/mol. The maximum absolute atomic E-state index is 11.5. The molecule has 0 aliphatic carbocycles. The quantitative estimate of drug-likeness (QED) is 0.838. The summed E-state index contributed by atoms with van der Waals surface area (Å²) in [5, 5.41) is 0. The second-order valence-electron chi connectivity index (χ2n) is 7.62. The second-order valence-corrected chi connectivity index (χ2v) is 7.62. The van der Waals surface area contributed by atoms with Crippen molar-refractivity contribution in [3.63, 3.8) is 0 Å². The smallest absolute Gasteiger partial charge is 0.219 e. The first-order chi connectivity index (χ1) is 10.5. The Labute approximate surface area is 134 Å². The lowest BCUT2D eigenvalue weighted by Gasteiger charge is -2.36. The van der Waals surface area contributed by atoms with Crippen molar-refractivity contribution in [3.05, 3.63) is 35.9 Å². The predicted octanol–water partition coefficient (Wildman–Crippen LogP) is 3.12. The van der Waals surface area contributed by atoms with Gasteiger partial charge in [0.1, 0.15) is 0 Å². The molecule has 1 amide bonds. The zero-order valence-corrected chi connectivity index (χ0v) is 14.1. The number of hydrogen-bond donors (Lipinski definition) is 0. The molecular weight excluding hydrogens is 272 g/mol. The van der Waals surface area contributed by atoms with Crippen LogP contribution in [-0.4, -0.2) is 47.9 Å². The number of carbonyl (C=O) groups excluding carboxylic acids is 1. The van der Waals surface area contributed by atoms with Crippen LogP contribution in [0.1, 0.15) is 45.1 Å². The van der Waals surface area contributed by atoms with Crippen LogP contribution in [0.2, 0.25) is 0 Å². The average molecular weight is 300 g/mol. The number of rotatable bonds is 2. The third kappa shape index (κ3) is 3.05. The highest BCUT2D eigenvalue weighted by Gasteiger charge is 2.42. The number of nitrogens with zero attached hydrogens (tertiary/aromatic N) is 2. The standard InChI is InChI=1S/C19H28N2O/c1-15(22)20-11-9-17(10-12-20)21-13-18(19(2,3)14-21)16-7-5-4-6-8-16/h4-8,17-18H,9-14H2,1-3H3/t18-/m1/s1. The molecule has 1 atom stereocenters. The highest BCUT2D eigenvalue weighted by molar-refractivity contribution is 5.73. The van der Waals surface area contributed by atoms with Crippen molar-refractivity contribution in [3.8, 4) is 0 Å². The van der Waals surface area contributed by atoms with Gasteiger partial charge in [0.15, 0.2) is 0 Å². The maximum Gasteiger partial charge on any atom is 0.219 e. The molecule has 22 heavy (non-hydrogen) atoms. The number of amides is 1. The van der Waals surface area contributed by atoms with Crippen molar-refractivity contribution in [2.24, 2.45) is 5.41 Å². The third-order valence-corrected chi connectivity index (χ3v) is 5.60. The molecular formula is C19H28N2O. The van der Waals surface area contributed by atoms with Gasteiger partial charge in [0, 0.05) is 45.1 Å². The number of benzene rings is 1. The van der Waals surface area contributed by atoms with E-state index in [1.807, 2.05) is 4.90 Å². The Balaban J connectivity index is 1.67. The summed E-state index contributed by atoms with van der Waals surface area (Å²) in [5.74, 6) is 0.835. The fraction of sp³-hybridized carbons (Fsp3) is 0.632. The number of carbonyl (C=O) groups is 1. The van der Waals surface area contributed by atoms with Gasteiger partial charge in [0.2, 0.25) is 5.91 Å². The van der Waals surface area contributed by atoms with Gasteiger partial charge in [-0.2, -0.15) is 0 Å². The molecule has 0 aromatic heterocycles. The van der Waals surface area contributed by atoms with E-state index in [2.05, 4.69) is 49.1 Å². The normalized spacial score (nSPS) is 26.3. The largest absolute Gasteiger partial charge is 0.343 e. The van der Waals surface area contributed by atoms with Crippen molar-refractivity contribution in [2.45, 2.75) is 45.6 Å². The molecule has 0 saturated carbocycles. The first kappa shape index (κ1) is 15.5. The van der Waals surface area contributed by atoms with Crippen molar-refractivity contribution in [1.82, 2.24) is 9.80 Å². The van der Waals surface area contributed by atoms with Gasteiger partial charge < -0.3 is 4.90 Å². The van der Waals surface area contributed by atoms with Crippen molar-refractivity contribution in [1.29, 1.82) is 0 Å². The molecule has 1 aromatic rings. The van der Waals surface area contributed by atoms with Gasteiger partial charge in [0.05, 0.1) is 0 Å². The molecule has 0 radical (unpaired) electrons. The molecule has 3 heteroatoms. The Morgan fingerprint density at radius 3 is 2.36 bits per heavy atom. The van der Waals surface area contributed by atoms with Crippen molar-refractivity contribution >= 4 is 5.91 Å². The molecule has 3 rings (SSSR count). The van der Waals surface area contributed by atoms with Crippen LogP contribution in [0, 0.1) is 5.41 Å². The predicted molar refractivity (Wildman–Crippen MR) is 89.8 cm³/mol. The first-order valence-corrected chi connectivity index (χ1v) is 8.52. The van der Waals surface area contributed by atoms with Crippen molar-refractivity contribution < 1.29 is 4.79 Å². The third-order valence-electron chi connectivity index (χ3n) is 5.60. The van der Waals surface area contributed by atoms with Crippen LogP contribution in [-0.2, 0) is 4.79 Å². The minimum Gasteiger partial charge on any atom is -0.343 e. The summed E-state index contributed by atoms with van der Waals surface area (Å²) in [4.78, 5) is 16.1. The summed E-state index contributed by atoms with van der Waals surface area (Å²) in [6.07, 6.45) is 2.24. The van der Waals surface area contributed by atoms with Gasteiger partial charge in [0.25, 0.3) is 0 Å². The highest BCUT2D eigenvalue weighted by Crippen LogP contribution is 2.43. The molecule has 2 saturated heterocycles. The van der Waals surface area contributed by atoms with Gasteiger partial charge in [-0.3, -0.25) is 9.69 Å². The van der Waals surface area contributed by atoms with Crippen LogP contribution in [0.4, 0.5) is 0 Å². The summed E-state index contributed by atoms with van der Waals surface area (Å²) in [5.41, 5.74) is 1.79. The lowest BCUT2D eigenvalue weighted by molar-refractivity contribution is -0.130. The zero-order chi connectivity index (χ0) is 15.7. The van der Waals surface area contributed by atoms with Crippen LogP contribution in [0.5, 0.6) is 0 Å². The summed E-state index contributed by atoms with van der Waals surface area (Å²) >= 11 is 0. The first-order valence-electron chi connectivity index (χ1n) is 8.52. The SMILES string of the molecule is CC(=O)N1CCC(N2C[C@H](c3ccccc3)C(C)(C)C2)CC1. The van der Waals surface area contributed by atoms with Crippen LogP contribution in [0.15, 0.2) is 30.3 Å². The average Bonchev–Trinajstić information content (AvgIpc) is 2.84. The van der Waals surface area contributed by atoms with E-state index >= 15 is 0 Å². The van der Waals surface area contributed by atoms with E-state index in [4.69, 9.17) is 0 Å². The fourth-order valence-corrected chi connectivity index (χ4v) is 4.25. The van der Waals surface area contributed by atoms with E-state index in [-0.39, 0.29) is 5.91 Å². The zero-order valence-electron chi connectivity index (χ0n) is 14.1. The van der Waals surface area contributed by atoms with E-state index in [1.54, 1.807) is 6.92 Å². The number of hydrogen-bond acceptors (Lipinski definition) is 2. The van der Waals surface area contributed by atoms with Gasteiger partial charge in [-0.1, -0.05) is 44.2 Å². The van der Waals surface area contributed by atoms with Crippen LogP contribution in [0.3, 0.4) is 0 Å². The van der Waals surface area contributed by atoms with Gasteiger partial charge in [-0.25, -0.2) is 0 Å². The number of piperidine rings is 1. The fourth-order valence-electron chi connectivity index (χ4n) is 4.25.